The molecule has 0 saturated heterocycles. The number of hydrogen-bond donors (Lipinski definition) is 4. The zero-order valence-electron chi connectivity index (χ0n) is 16.7. The molecule has 0 bridgehead atoms. The van der Waals surface area contributed by atoms with Gasteiger partial charge in [-0.3, -0.25) is 15.8 Å². The zero-order chi connectivity index (χ0) is 23.1. The molecule has 10 heteroatoms. The van der Waals surface area contributed by atoms with Gasteiger partial charge in [0.1, 0.15) is 17.9 Å². The molecule has 0 spiro atoms. The summed E-state index contributed by atoms with van der Waals surface area (Å²) in [6, 6.07) is 13.5. The molecule has 158 valence electrons. The molecule has 9 nitrogen and oxygen atoms in total. The highest BCUT2D eigenvalue weighted by Gasteiger charge is 2.26. The average Bonchev–Trinajstić information content (AvgIpc) is 2.83. The minimum absolute atomic E-state index is 0.126. The van der Waals surface area contributed by atoms with Crippen molar-refractivity contribution >= 4 is 22.8 Å². The van der Waals surface area contributed by atoms with E-state index in [2.05, 4.69) is 26.0 Å². The lowest BCUT2D eigenvalue weighted by atomic mass is 9.92. The quantitative estimate of drug-likeness (QED) is 0.498. The van der Waals surface area contributed by atoms with Crippen molar-refractivity contribution in [3.63, 3.8) is 0 Å². The lowest BCUT2D eigenvalue weighted by Gasteiger charge is -2.19. The van der Waals surface area contributed by atoms with E-state index in [1.54, 1.807) is 36.5 Å². The van der Waals surface area contributed by atoms with Crippen LogP contribution in [0.1, 0.15) is 22.5 Å². The maximum atomic E-state index is 12.4. The first-order valence-corrected chi connectivity index (χ1v) is 9.29. The first-order chi connectivity index (χ1) is 15.5. The number of dihydropyridines is 1. The molecule has 32 heavy (non-hydrogen) atoms. The van der Waals surface area contributed by atoms with Gasteiger partial charge in [0.25, 0.3) is 0 Å². The van der Waals surface area contributed by atoms with Gasteiger partial charge < -0.3 is 11.5 Å². The van der Waals surface area contributed by atoms with Gasteiger partial charge in [0.2, 0.25) is 0 Å². The summed E-state index contributed by atoms with van der Waals surface area (Å²) in [5.74, 6) is -0.558. The molecule has 0 atom stereocenters. The summed E-state index contributed by atoms with van der Waals surface area (Å²) >= 11 is 0. The van der Waals surface area contributed by atoms with E-state index in [1.165, 1.54) is 24.7 Å². The van der Waals surface area contributed by atoms with Gasteiger partial charge in [-0.15, -0.1) is 0 Å². The van der Waals surface area contributed by atoms with Crippen molar-refractivity contribution in [3.8, 4) is 6.07 Å². The largest absolute Gasteiger partial charge is 0.396 e. The van der Waals surface area contributed by atoms with Gasteiger partial charge >= 0.3 is 0 Å². The number of benzene rings is 1. The third kappa shape index (κ3) is 4.75. The second-order valence-electron chi connectivity index (χ2n) is 6.40. The van der Waals surface area contributed by atoms with Crippen LogP contribution in [0.4, 0.5) is 4.39 Å². The molecule has 2 aromatic heterocycles. The zero-order valence-corrected chi connectivity index (χ0v) is 16.7. The Hall–Kier alpha value is -4.62. The highest BCUT2D eigenvalue weighted by Crippen LogP contribution is 2.25. The number of nitrogens with two attached hydrogens (primary N) is 2. The van der Waals surface area contributed by atoms with Gasteiger partial charge in [-0.1, -0.05) is 12.1 Å². The van der Waals surface area contributed by atoms with Gasteiger partial charge in [-0.25, -0.2) is 19.4 Å². The van der Waals surface area contributed by atoms with E-state index in [0.29, 0.717) is 33.8 Å². The standard InChI is InChI=1S/C16H11N7.C6H7FN2/c17-7-9-2-1-3-10(6-9)15-12(11-4-5-21-8-22-11)13(18)14(19)16(20)23-15;7-5-2-1-3-9-6(5)4-8/h1-6,8,19-20H,18H2;1-3H,4,8H2. The lowest BCUT2D eigenvalue weighted by molar-refractivity contribution is 0.600. The molecule has 0 saturated carbocycles. The fraction of sp³-hybridized carbons (Fsp3) is 0.0455. The highest BCUT2D eigenvalue weighted by molar-refractivity contribution is 6.55. The lowest BCUT2D eigenvalue weighted by Crippen LogP contribution is -2.29. The summed E-state index contributed by atoms with van der Waals surface area (Å²) in [6.07, 6.45) is 4.46. The number of aliphatic imine (C=N–C) groups is 1. The van der Waals surface area contributed by atoms with Gasteiger partial charge in [-0.05, 0) is 30.3 Å². The number of aromatic nitrogens is 3. The monoisotopic (exact) mass is 427 g/mol. The van der Waals surface area contributed by atoms with Crippen LogP contribution in [0.15, 0.2) is 71.9 Å². The Kier molecular flexibility index (Phi) is 6.85. The maximum absolute atomic E-state index is 12.4. The van der Waals surface area contributed by atoms with Crippen molar-refractivity contribution in [2.24, 2.45) is 16.5 Å². The van der Waals surface area contributed by atoms with Crippen molar-refractivity contribution in [1.29, 1.82) is 16.1 Å². The number of hydrogen-bond acceptors (Lipinski definition) is 8. The summed E-state index contributed by atoms with van der Waals surface area (Å²) in [7, 11) is 0. The number of nitrogens with one attached hydrogen (secondary N) is 2. The van der Waals surface area contributed by atoms with Crippen LogP contribution in [0.5, 0.6) is 0 Å². The van der Waals surface area contributed by atoms with E-state index >= 15 is 0 Å². The van der Waals surface area contributed by atoms with Crippen LogP contribution in [0, 0.1) is 28.0 Å². The topological polar surface area (TPSA) is 175 Å². The van der Waals surface area contributed by atoms with Crippen LogP contribution < -0.4 is 11.5 Å². The Morgan fingerprint density at radius 2 is 1.88 bits per heavy atom. The number of halogens is 1. The number of amidine groups is 1. The molecule has 0 fully saturated rings. The fourth-order valence-electron chi connectivity index (χ4n) is 2.82. The van der Waals surface area contributed by atoms with Crippen molar-refractivity contribution in [2.45, 2.75) is 6.54 Å². The predicted molar refractivity (Wildman–Crippen MR) is 118 cm³/mol. The number of rotatable bonds is 3. The molecule has 1 aliphatic heterocycles. The van der Waals surface area contributed by atoms with Crippen LogP contribution in [0.25, 0.3) is 5.57 Å². The third-order valence-electron chi connectivity index (χ3n) is 4.37. The van der Waals surface area contributed by atoms with E-state index in [-0.39, 0.29) is 29.6 Å². The molecule has 4 rings (SSSR count). The van der Waals surface area contributed by atoms with Crippen LogP contribution >= 0.6 is 0 Å². The minimum atomic E-state index is -0.333. The molecule has 1 aromatic carbocycles. The maximum Gasteiger partial charge on any atom is 0.172 e. The van der Waals surface area contributed by atoms with Crippen molar-refractivity contribution in [2.75, 3.05) is 0 Å². The summed E-state index contributed by atoms with van der Waals surface area (Å²) < 4.78 is 12.4. The van der Waals surface area contributed by atoms with E-state index in [9.17, 15) is 4.39 Å². The van der Waals surface area contributed by atoms with E-state index in [4.69, 9.17) is 27.5 Å². The van der Waals surface area contributed by atoms with Crippen LogP contribution in [-0.4, -0.2) is 32.2 Å². The van der Waals surface area contributed by atoms with E-state index in [1.807, 2.05) is 0 Å². The molecule has 0 amide bonds. The minimum Gasteiger partial charge on any atom is -0.396 e. The predicted octanol–water partition coefficient (Wildman–Crippen LogP) is 2.20. The number of nitriles is 1. The fourth-order valence-corrected chi connectivity index (χ4v) is 2.82. The van der Waals surface area contributed by atoms with Crippen molar-refractivity contribution in [1.82, 2.24) is 15.0 Å². The number of pyridine rings is 1. The molecular weight excluding hydrogens is 409 g/mol. The van der Waals surface area contributed by atoms with E-state index < -0.39 is 0 Å². The van der Waals surface area contributed by atoms with Gasteiger partial charge in [-0.2, -0.15) is 5.26 Å². The van der Waals surface area contributed by atoms with Crippen LogP contribution in [0.2, 0.25) is 0 Å². The first-order valence-electron chi connectivity index (χ1n) is 9.29. The molecule has 0 unspecified atom stereocenters. The Balaban J connectivity index is 0.000000269. The molecule has 3 heterocycles. The molecule has 0 aliphatic carbocycles. The van der Waals surface area contributed by atoms with Gasteiger partial charge in [0.15, 0.2) is 5.84 Å². The Bertz CT molecular complexity index is 1270. The summed E-state index contributed by atoms with van der Waals surface area (Å²) in [4.78, 5) is 15.9. The summed E-state index contributed by atoms with van der Waals surface area (Å²) in [6.45, 7) is 0.159. The average molecular weight is 427 g/mol. The molecule has 1 aliphatic rings. The first kappa shape index (κ1) is 22.1. The van der Waals surface area contributed by atoms with Crippen LogP contribution in [-0.2, 0) is 6.54 Å². The second-order valence-corrected chi connectivity index (χ2v) is 6.40. The summed E-state index contributed by atoms with van der Waals surface area (Å²) in [5, 5.41) is 24.8. The van der Waals surface area contributed by atoms with Crippen molar-refractivity contribution < 1.29 is 4.39 Å². The number of allylic oxidation sites excluding steroid dienone is 1. The second kappa shape index (κ2) is 9.92. The van der Waals surface area contributed by atoms with Crippen molar-refractivity contribution in [3.05, 3.63) is 95.2 Å². The van der Waals surface area contributed by atoms with Gasteiger partial charge in [0, 0.05) is 24.5 Å². The number of nitrogens with zero attached hydrogens (tertiary/aromatic N) is 5. The SMILES string of the molecule is N#Cc1cccc(C2=NC(=N)C(=N)C(N)=C2c2ccncn2)c1.NCc1ncccc1F. The Morgan fingerprint density at radius 3 is 2.50 bits per heavy atom. The summed E-state index contributed by atoms with van der Waals surface area (Å²) in [5.41, 5.74) is 14.0. The van der Waals surface area contributed by atoms with E-state index in [0.717, 1.165) is 0 Å². The highest BCUT2D eigenvalue weighted by atomic mass is 19.1. The molecule has 0 radical (unpaired) electrons. The van der Waals surface area contributed by atoms with Gasteiger partial charge in [0.05, 0.1) is 40.0 Å². The molecule has 6 N–H and O–H groups in total. The third-order valence-corrected chi connectivity index (χ3v) is 4.37. The molecule has 3 aromatic rings. The normalized spacial score (nSPS) is 13.1. The molecular formula is C22H18FN9. The Labute approximate surface area is 183 Å². The Morgan fingerprint density at radius 1 is 1.06 bits per heavy atom. The van der Waals surface area contributed by atoms with Crippen LogP contribution in [0.3, 0.4) is 0 Å². The smallest absolute Gasteiger partial charge is 0.172 e.